The zero-order valence-corrected chi connectivity index (χ0v) is 12.3. The van der Waals surface area contributed by atoms with Gasteiger partial charge < -0.3 is 14.8 Å². The van der Waals surface area contributed by atoms with Gasteiger partial charge in [-0.15, -0.1) is 0 Å². The molecule has 1 N–H and O–H groups in total. The molecule has 5 nitrogen and oxygen atoms in total. The standard InChI is InChI=1S/C15H14ClFN2O3/c16-15-13(2-1-7-19-15)22-10-14(20)18-8-9-21-12-5-3-11(17)4-6-12/h1-7H,8-10H2,(H,18,20). The first-order chi connectivity index (χ1) is 10.6. The number of hydrogen-bond donors (Lipinski definition) is 1. The van der Waals surface area contributed by atoms with Crippen molar-refractivity contribution in [1.82, 2.24) is 10.3 Å². The quantitative estimate of drug-likeness (QED) is 0.628. The molecule has 22 heavy (non-hydrogen) atoms. The number of aromatic nitrogens is 1. The monoisotopic (exact) mass is 324 g/mol. The van der Waals surface area contributed by atoms with E-state index in [0.717, 1.165) is 0 Å². The second-order valence-electron chi connectivity index (χ2n) is 4.23. The zero-order chi connectivity index (χ0) is 15.8. The Labute approximate surface area is 132 Å². The van der Waals surface area contributed by atoms with Crippen LogP contribution < -0.4 is 14.8 Å². The molecule has 1 heterocycles. The second kappa shape index (κ2) is 8.19. The molecule has 0 fully saturated rings. The van der Waals surface area contributed by atoms with E-state index < -0.39 is 0 Å². The maximum atomic E-state index is 12.7. The van der Waals surface area contributed by atoms with Gasteiger partial charge in [0.2, 0.25) is 0 Å². The van der Waals surface area contributed by atoms with Gasteiger partial charge in [0.25, 0.3) is 5.91 Å². The summed E-state index contributed by atoms with van der Waals surface area (Å²) in [6.45, 7) is 0.410. The number of rotatable bonds is 7. The van der Waals surface area contributed by atoms with Crippen molar-refractivity contribution in [2.75, 3.05) is 19.8 Å². The van der Waals surface area contributed by atoms with Crippen LogP contribution in [0.1, 0.15) is 0 Å². The summed E-state index contributed by atoms with van der Waals surface area (Å²) in [6.07, 6.45) is 1.53. The summed E-state index contributed by atoms with van der Waals surface area (Å²) >= 11 is 5.80. The minimum absolute atomic E-state index is 0.165. The maximum absolute atomic E-state index is 12.7. The predicted octanol–water partition coefficient (Wildman–Crippen LogP) is 2.45. The van der Waals surface area contributed by atoms with Crippen LogP contribution in [0.4, 0.5) is 4.39 Å². The highest BCUT2D eigenvalue weighted by molar-refractivity contribution is 6.30. The topological polar surface area (TPSA) is 60.5 Å². The number of pyridine rings is 1. The summed E-state index contributed by atoms with van der Waals surface area (Å²) in [5.41, 5.74) is 0. The molecule has 0 saturated heterocycles. The molecule has 0 aliphatic carbocycles. The predicted molar refractivity (Wildman–Crippen MR) is 79.6 cm³/mol. The smallest absolute Gasteiger partial charge is 0.258 e. The number of hydrogen-bond acceptors (Lipinski definition) is 4. The molecule has 0 spiro atoms. The first-order valence-electron chi connectivity index (χ1n) is 6.53. The molecule has 116 valence electrons. The minimum Gasteiger partial charge on any atom is -0.492 e. The number of amides is 1. The Morgan fingerprint density at radius 1 is 1.23 bits per heavy atom. The average molecular weight is 325 g/mol. The molecule has 1 aromatic heterocycles. The molecule has 0 saturated carbocycles. The van der Waals surface area contributed by atoms with Gasteiger partial charge in [0, 0.05) is 6.20 Å². The number of carbonyl (C=O) groups is 1. The molecule has 0 aliphatic heterocycles. The van der Waals surface area contributed by atoms with Crippen LogP contribution in [0, 0.1) is 5.82 Å². The highest BCUT2D eigenvalue weighted by Crippen LogP contribution is 2.19. The fourth-order valence-corrected chi connectivity index (χ4v) is 1.74. The van der Waals surface area contributed by atoms with E-state index in [1.54, 1.807) is 12.1 Å². The van der Waals surface area contributed by atoms with Crippen LogP contribution in [0.25, 0.3) is 0 Å². The molecule has 0 bridgehead atoms. The Morgan fingerprint density at radius 3 is 2.73 bits per heavy atom. The first-order valence-corrected chi connectivity index (χ1v) is 6.91. The summed E-state index contributed by atoms with van der Waals surface area (Å²) in [5.74, 6) is 0.255. The number of nitrogens with zero attached hydrogens (tertiary/aromatic N) is 1. The van der Waals surface area contributed by atoms with Crippen molar-refractivity contribution in [3.05, 3.63) is 53.6 Å². The lowest BCUT2D eigenvalue weighted by Crippen LogP contribution is -2.32. The normalized spacial score (nSPS) is 10.1. The van der Waals surface area contributed by atoms with Crippen molar-refractivity contribution in [2.45, 2.75) is 0 Å². The molecule has 0 unspecified atom stereocenters. The van der Waals surface area contributed by atoms with Gasteiger partial charge in [-0.25, -0.2) is 9.37 Å². The van der Waals surface area contributed by atoms with Gasteiger partial charge in [0.1, 0.15) is 18.2 Å². The highest BCUT2D eigenvalue weighted by atomic mass is 35.5. The van der Waals surface area contributed by atoms with E-state index >= 15 is 0 Å². The number of halogens is 2. The van der Waals surface area contributed by atoms with E-state index in [2.05, 4.69) is 10.3 Å². The van der Waals surface area contributed by atoms with Crippen molar-refractivity contribution in [3.63, 3.8) is 0 Å². The van der Waals surface area contributed by atoms with Gasteiger partial charge in [-0.1, -0.05) is 11.6 Å². The Kier molecular flexibility index (Phi) is 5.97. The Morgan fingerprint density at radius 2 is 2.00 bits per heavy atom. The van der Waals surface area contributed by atoms with Crippen LogP contribution in [0.3, 0.4) is 0 Å². The molecule has 7 heteroatoms. The van der Waals surface area contributed by atoms with Crippen molar-refractivity contribution >= 4 is 17.5 Å². The summed E-state index contributed by atoms with van der Waals surface area (Å²) in [4.78, 5) is 15.4. The van der Waals surface area contributed by atoms with Gasteiger partial charge >= 0.3 is 0 Å². The van der Waals surface area contributed by atoms with Crippen LogP contribution in [0.2, 0.25) is 5.15 Å². The lowest BCUT2D eigenvalue weighted by Gasteiger charge is -2.09. The van der Waals surface area contributed by atoms with Gasteiger partial charge in [-0.05, 0) is 36.4 Å². The lowest BCUT2D eigenvalue weighted by molar-refractivity contribution is -0.123. The molecule has 1 aromatic carbocycles. The van der Waals surface area contributed by atoms with Gasteiger partial charge in [-0.3, -0.25) is 4.79 Å². The van der Waals surface area contributed by atoms with Gasteiger partial charge in [-0.2, -0.15) is 0 Å². The van der Waals surface area contributed by atoms with Crippen LogP contribution in [-0.2, 0) is 4.79 Å². The number of carbonyl (C=O) groups excluding carboxylic acids is 1. The van der Waals surface area contributed by atoms with Crippen LogP contribution in [0.15, 0.2) is 42.6 Å². The van der Waals surface area contributed by atoms with E-state index in [1.807, 2.05) is 0 Å². The van der Waals surface area contributed by atoms with Crippen LogP contribution >= 0.6 is 11.6 Å². The van der Waals surface area contributed by atoms with Crippen molar-refractivity contribution in [2.24, 2.45) is 0 Å². The Hall–Kier alpha value is -2.34. The number of ether oxygens (including phenoxy) is 2. The SMILES string of the molecule is O=C(COc1cccnc1Cl)NCCOc1ccc(F)cc1. The van der Waals surface area contributed by atoms with E-state index in [4.69, 9.17) is 21.1 Å². The highest BCUT2D eigenvalue weighted by Gasteiger charge is 2.05. The fourth-order valence-electron chi connectivity index (χ4n) is 1.56. The van der Waals surface area contributed by atoms with Crippen LogP contribution in [0.5, 0.6) is 11.5 Å². The fraction of sp³-hybridized carbons (Fsp3) is 0.200. The molecule has 0 radical (unpaired) electrons. The third kappa shape index (κ3) is 5.21. The number of nitrogens with one attached hydrogen (secondary N) is 1. The summed E-state index contributed by atoms with van der Waals surface area (Å²) in [7, 11) is 0. The van der Waals surface area contributed by atoms with E-state index in [9.17, 15) is 9.18 Å². The lowest BCUT2D eigenvalue weighted by atomic mass is 10.3. The van der Waals surface area contributed by atoms with Crippen molar-refractivity contribution in [1.29, 1.82) is 0 Å². The first kappa shape index (κ1) is 16.0. The zero-order valence-electron chi connectivity index (χ0n) is 11.6. The molecule has 0 atom stereocenters. The molecule has 2 aromatic rings. The maximum Gasteiger partial charge on any atom is 0.258 e. The third-order valence-corrected chi connectivity index (χ3v) is 2.87. The molecule has 0 aliphatic rings. The average Bonchev–Trinajstić information content (AvgIpc) is 2.52. The summed E-state index contributed by atoms with van der Waals surface area (Å²) in [6, 6.07) is 8.93. The largest absolute Gasteiger partial charge is 0.492 e. The van der Waals surface area contributed by atoms with Crippen LogP contribution in [-0.4, -0.2) is 30.6 Å². The summed E-state index contributed by atoms with van der Waals surface area (Å²) in [5, 5.41) is 2.83. The molecular weight excluding hydrogens is 311 g/mol. The van der Waals surface area contributed by atoms with Gasteiger partial charge in [0.05, 0.1) is 6.54 Å². The Bertz CT molecular complexity index is 622. The third-order valence-electron chi connectivity index (χ3n) is 2.59. The van der Waals surface area contributed by atoms with Crippen molar-refractivity contribution in [3.8, 4) is 11.5 Å². The van der Waals surface area contributed by atoms with E-state index in [-0.39, 0.29) is 30.1 Å². The molecule has 2 rings (SSSR count). The number of benzene rings is 1. The Balaban J connectivity index is 1.64. The minimum atomic E-state index is -0.327. The van der Waals surface area contributed by atoms with Crippen molar-refractivity contribution < 1.29 is 18.7 Å². The van der Waals surface area contributed by atoms with E-state index in [0.29, 0.717) is 18.0 Å². The van der Waals surface area contributed by atoms with Gasteiger partial charge in [0.15, 0.2) is 17.5 Å². The molecular formula is C15H14ClFN2O3. The van der Waals surface area contributed by atoms with E-state index in [1.165, 1.54) is 30.5 Å². The summed E-state index contributed by atoms with van der Waals surface area (Å²) < 4.78 is 23.3. The second-order valence-corrected chi connectivity index (χ2v) is 4.59. The molecule has 1 amide bonds.